The predicted octanol–water partition coefficient (Wildman–Crippen LogP) is 1.93. The molecule has 8 nitrogen and oxygen atoms in total. The second-order valence-corrected chi connectivity index (χ2v) is 11.3. The van der Waals surface area contributed by atoms with Gasteiger partial charge in [0.25, 0.3) is 0 Å². The van der Waals surface area contributed by atoms with E-state index in [0.717, 1.165) is 44.3 Å². The zero-order valence-electron chi connectivity index (χ0n) is 15.8. The van der Waals surface area contributed by atoms with E-state index < -0.39 is 25.9 Å². The summed E-state index contributed by atoms with van der Waals surface area (Å²) in [5.74, 6) is 1.59. The van der Waals surface area contributed by atoms with E-state index in [1.807, 2.05) is 0 Å². The van der Waals surface area contributed by atoms with Crippen molar-refractivity contribution in [3.05, 3.63) is 35.9 Å². The Morgan fingerprint density at radius 1 is 0.929 bits per heavy atom. The number of hydrogen-bond acceptors (Lipinski definition) is 6. The number of sulfonamides is 1. The summed E-state index contributed by atoms with van der Waals surface area (Å²) in [5.41, 5.74) is 0. The third-order valence-electron chi connectivity index (χ3n) is 5.48. The lowest BCUT2D eigenvalue weighted by atomic mass is 10.2. The molecule has 2 aromatic rings. The number of benzene rings is 1. The number of aromatic nitrogens is 3. The third-order valence-corrected chi connectivity index (χ3v) is 8.73. The summed E-state index contributed by atoms with van der Waals surface area (Å²) in [6.45, 7) is 1.13. The minimum Gasteiger partial charge on any atom is -0.314 e. The molecule has 1 saturated heterocycles. The fourth-order valence-corrected chi connectivity index (χ4v) is 7.39. The minimum absolute atomic E-state index is 0.166. The van der Waals surface area contributed by atoms with Crippen LogP contribution in [-0.2, 0) is 32.8 Å². The number of fused-ring (bicyclic) bond motifs is 1. The average Bonchev–Trinajstić information content (AvgIpc) is 3.22. The molecule has 1 fully saturated rings. The summed E-state index contributed by atoms with van der Waals surface area (Å²) in [6.07, 6.45) is 6.44. The highest BCUT2D eigenvalue weighted by atomic mass is 32.2. The molecule has 152 valence electrons. The maximum absolute atomic E-state index is 13.4. The molecule has 1 aromatic heterocycles. The molecule has 0 bridgehead atoms. The van der Waals surface area contributed by atoms with Gasteiger partial charge in [0.2, 0.25) is 10.0 Å². The van der Waals surface area contributed by atoms with Crippen molar-refractivity contribution in [3.8, 4) is 0 Å². The highest BCUT2D eigenvalue weighted by molar-refractivity contribution is 7.93. The Hall–Kier alpha value is -1.78. The van der Waals surface area contributed by atoms with Crippen molar-refractivity contribution in [2.45, 2.75) is 60.9 Å². The molecular weight excluding hydrogens is 400 g/mol. The number of hydrogen-bond donors (Lipinski definition) is 0. The Labute approximate surface area is 165 Å². The molecule has 0 aliphatic carbocycles. The molecule has 3 heterocycles. The molecule has 10 heteroatoms. The lowest BCUT2D eigenvalue weighted by Crippen LogP contribution is -2.33. The van der Waals surface area contributed by atoms with E-state index in [0.29, 0.717) is 25.2 Å². The smallest absolute Gasteiger partial charge is 0.245 e. The summed E-state index contributed by atoms with van der Waals surface area (Å²) >= 11 is 0. The Morgan fingerprint density at radius 3 is 2.43 bits per heavy atom. The summed E-state index contributed by atoms with van der Waals surface area (Å²) in [5, 5.41) is 8.64. The van der Waals surface area contributed by atoms with Crippen molar-refractivity contribution in [3.63, 3.8) is 0 Å². The number of rotatable bonds is 4. The van der Waals surface area contributed by atoms with Crippen LogP contribution in [0.1, 0.15) is 49.8 Å². The van der Waals surface area contributed by atoms with E-state index >= 15 is 0 Å². The number of aryl methyl sites for hydroxylation is 1. The summed E-state index contributed by atoms with van der Waals surface area (Å²) in [4.78, 5) is -0.333. The number of sulfone groups is 1. The maximum atomic E-state index is 13.4. The van der Waals surface area contributed by atoms with Gasteiger partial charge in [-0.05, 0) is 37.8 Å². The van der Waals surface area contributed by atoms with Crippen LogP contribution in [0.2, 0.25) is 0 Å². The van der Waals surface area contributed by atoms with E-state index in [-0.39, 0.29) is 9.79 Å². The summed E-state index contributed by atoms with van der Waals surface area (Å²) in [7, 11) is -7.67. The van der Waals surface area contributed by atoms with E-state index in [2.05, 4.69) is 14.8 Å². The van der Waals surface area contributed by atoms with E-state index in [9.17, 15) is 16.8 Å². The molecule has 1 atom stereocenters. The van der Waals surface area contributed by atoms with Gasteiger partial charge in [-0.25, -0.2) is 16.8 Å². The van der Waals surface area contributed by atoms with E-state index in [1.165, 1.54) is 22.5 Å². The van der Waals surface area contributed by atoms with Gasteiger partial charge in [0.15, 0.2) is 15.7 Å². The van der Waals surface area contributed by atoms with Crippen LogP contribution in [-0.4, -0.2) is 48.7 Å². The highest BCUT2D eigenvalue weighted by Crippen LogP contribution is 2.38. The minimum atomic E-state index is -3.99. The van der Waals surface area contributed by atoms with Gasteiger partial charge in [0.1, 0.15) is 10.7 Å². The second kappa shape index (κ2) is 7.23. The van der Waals surface area contributed by atoms with Gasteiger partial charge in [0.05, 0.1) is 10.9 Å². The molecular formula is C18H24N4O4S2. The first-order chi connectivity index (χ1) is 13.3. The molecule has 1 unspecified atom stereocenters. The van der Waals surface area contributed by atoms with Gasteiger partial charge >= 0.3 is 0 Å². The normalized spacial score (nSPS) is 21.4. The molecule has 0 spiro atoms. The maximum Gasteiger partial charge on any atom is 0.245 e. The molecule has 28 heavy (non-hydrogen) atoms. The Balaban J connectivity index is 1.77. The topological polar surface area (TPSA) is 102 Å². The van der Waals surface area contributed by atoms with E-state index in [4.69, 9.17) is 0 Å². The van der Waals surface area contributed by atoms with Crippen LogP contribution in [0.4, 0.5) is 0 Å². The summed E-state index contributed by atoms with van der Waals surface area (Å²) in [6, 6.07) is 5.38. The molecule has 0 radical (unpaired) electrons. The summed E-state index contributed by atoms with van der Waals surface area (Å²) < 4.78 is 54.7. The highest BCUT2D eigenvalue weighted by Gasteiger charge is 2.41. The first-order valence-electron chi connectivity index (χ1n) is 9.53. The largest absolute Gasteiger partial charge is 0.314 e. The van der Waals surface area contributed by atoms with Crippen LogP contribution in [0.5, 0.6) is 0 Å². The van der Waals surface area contributed by atoms with Crippen LogP contribution in [0.25, 0.3) is 0 Å². The Kier molecular flexibility index (Phi) is 5.05. The first-order valence-corrected chi connectivity index (χ1v) is 12.9. The average molecular weight is 425 g/mol. The Bertz CT molecular complexity index is 1090. The van der Waals surface area contributed by atoms with Crippen molar-refractivity contribution in [1.82, 2.24) is 19.1 Å². The SMILES string of the molecule is CS(=O)(=O)c1ccccc1S(=O)(=O)N1CCCC1c1nnc2n1CCCCC2. The first kappa shape index (κ1) is 19.5. The lowest BCUT2D eigenvalue weighted by Gasteiger charge is -2.25. The molecule has 2 aliphatic heterocycles. The van der Waals surface area contributed by atoms with Gasteiger partial charge in [0, 0.05) is 25.8 Å². The van der Waals surface area contributed by atoms with Crippen molar-refractivity contribution in [2.75, 3.05) is 12.8 Å². The van der Waals surface area contributed by atoms with Crippen molar-refractivity contribution < 1.29 is 16.8 Å². The monoisotopic (exact) mass is 424 g/mol. The van der Waals surface area contributed by atoms with Crippen molar-refractivity contribution in [1.29, 1.82) is 0 Å². The fraction of sp³-hybridized carbons (Fsp3) is 0.556. The molecule has 0 amide bonds. The van der Waals surface area contributed by atoms with Crippen molar-refractivity contribution >= 4 is 19.9 Å². The predicted molar refractivity (Wildman–Crippen MR) is 103 cm³/mol. The zero-order valence-corrected chi connectivity index (χ0v) is 17.4. The fourth-order valence-electron chi connectivity index (χ4n) is 4.14. The van der Waals surface area contributed by atoms with E-state index in [1.54, 1.807) is 6.07 Å². The van der Waals surface area contributed by atoms with Gasteiger partial charge in [-0.3, -0.25) is 0 Å². The van der Waals surface area contributed by atoms with Gasteiger partial charge in [-0.1, -0.05) is 18.6 Å². The quantitative estimate of drug-likeness (QED) is 0.743. The lowest BCUT2D eigenvalue weighted by molar-refractivity contribution is 0.369. The van der Waals surface area contributed by atoms with Crippen LogP contribution in [0.15, 0.2) is 34.1 Å². The van der Waals surface area contributed by atoms with Gasteiger partial charge < -0.3 is 4.57 Å². The third kappa shape index (κ3) is 3.37. The van der Waals surface area contributed by atoms with Crippen molar-refractivity contribution in [2.24, 2.45) is 0 Å². The molecule has 1 aromatic carbocycles. The van der Waals surface area contributed by atoms with Crippen LogP contribution in [0, 0.1) is 0 Å². The van der Waals surface area contributed by atoms with Crippen LogP contribution >= 0.6 is 0 Å². The second-order valence-electron chi connectivity index (χ2n) is 7.43. The standard InChI is InChI=1S/C18H24N4O4S2/c1-27(23,24)15-9-4-5-10-16(15)28(25,26)22-13-7-8-14(22)18-20-19-17-11-3-2-6-12-21(17)18/h4-5,9-10,14H,2-3,6-8,11-13H2,1H3. The molecule has 4 rings (SSSR count). The molecule has 0 N–H and O–H groups in total. The van der Waals surface area contributed by atoms with Crippen LogP contribution in [0.3, 0.4) is 0 Å². The van der Waals surface area contributed by atoms with Gasteiger partial charge in [-0.15, -0.1) is 10.2 Å². The zero-order chi connectivity index (χ0) is 19.9. The number of nitrogens with zero attached hydrogens (tertiary/aromatic N) is 4. The molecule has 2 aliphatic rings. The molecule has 0 saturated carbocycles. The van der Waals surface area contributed by atoms with Gasteiger partial charge in [-0.2, -0.15) is 4.31 Å². The Morgan fingerprint density at radius 2 is 1.68 bits per heavy atom. The van der Waals surface area contributed by atoms with Crippen LogP contribution < -0.4 is 0 Å².